The summed E-state index contributed by atoms with van der Waals surface area (Å²) in [5.41, 5.74) is 2.08. The summed E-state index contributed by atoms with van der Waals surface area (Å²) in [5, 5.41) is 9.85. The number of nitrogens with zero attached hydrogens (tertiary/aromatic N) is 3. The zero-order valence-corrected chi connectivity index (χ0v) is 20.5. The van der Waals surface area contributed by atoms with Crippen molar-refractivity contribution in [1.29, 1.82) is 0 Å². The molecule has 2 amide bonds. The van der Waals surface area contributed by atoms with Crippen molar-refractivity contribution < 1.29 is 18.4 Å². The van der Waals surface area contributed by atoms with E-state index in [1.54, 1.807) is 35.7 Å². The first-order chi connectivity index (χ1) is 16.7. The molecule has 12 heteroatoms. The Morgan fingerprint density at radius 3 is 2.71 bits per heavy atom. The summed E-state index contributed by atoms with van der Waals surface area (Å²) in [5.74, 6) is -1.62. The summed E-state index contributed by atoms with van der Waals surface area (Å²) in [6, 6.07) is 8.95. The Balaban J connectivity index is 1.37. The van der Waals surface area contributed by atoms with Gasteiger partial charge in [-0.25, -0.2) is 22.5 Å². The highest BCUT2D eigenvalue weighted by atomic mass is 35.5. The van der Waals surface area contributed by atoms with E-state index in [0.29, 0.717) is 17.1 Å². The Bertz CT molecular complexity index is 1260. The minimum atomic E-state index is -0.641. The van der Waals surface area contributed by atoms with Crippen molar-refractivity contribution in [1.82, 2.24) is 24.1 Å². The van der Waals surface area contributed by atoms with Gasteiger partial charge in [-0.3, -0.25) is 9.59 Å². The molecule has 2 aromatic carbocycles. The number of para-hydroxylation sites is 1. The maximum atomic E-state index is 14.1. The summed E-state index contributed by atoms with van der Waals surface area (Å²) in [4.78, 5) is 25.7. The second-order valence-corrected chi connectivity index (χ2v) is 9.45. The van der Waals surface area contributed by atoms with Crippen LogP contribution in [0.4, 0.5) is 14.5 Å². The van der Waals surface area contributed by atoms with Gasteiger partial charge in [0.1, 0.15) is 23.4 Å². The van der Waals surface area contributed by atoms with Crippen LogP contribution in [0, 0.1) is 18.6 Å². The summed E-state index contributed by atoms with van der Waals surface area (Å²) in [6.45, 7) is 1.98. The van der Waals surface area contributed by atoms with E-state index in [-0.39, 0.29) is 29.8 Å². The molecule has 2 unspecified atom stereocenters. The van der Waals surface area contributed by atoms with E-state index in [4.69, 9.17) is 11.6 Å². The Morgan fingerprint density at radius 2 is 1.97 bits per heavy atom. The van der Waals surface area contributed by atoms with Crippen LogP contribution in [-0.2, 0) is 16.1 Å². The van der Waals surface area contributed by atoms with Crippen molar-refractivity contribution in [3.05, 3.63) is 76.6 Å². The van der Waals surface area contributed by atoms with Gasteiger partial charge in [0.15, 0.2) is 0 Å². The fraction of sp³-hybridized carbons (Fsp3) is 0.261. The van der Waals surface area contributed by atoms with Crippen molar-refractivity contribution in [2.75, 3.05) is 12.4 Å². The van der Waals surface area contributed by atoms with Gasteiger partial charge in [-0.15, -0.1) is 0 Å². The summed E-state index contributed by atoms with van der Waals surface area (Å²) < 4.78 is 33.6. The normalized spacial score (nSPS) is 18.3. The van der Waals surface area contributed by atoms with Crippen LogP contribution in [0.3, 0.4) is 0 Å². The molecule has 2 heterocycles. The standard InChI is InChI=1S/C23H23ClF2N6O2S/c1-13-12-32(20-6-4-3-5-17(20)26)29-19(13)11-27-22(33)18-10-21(31(2)35-30-18)23(34)28-14-7-8-16(25)15(24)9-14/h3-9,12,18,21,30H,10-11H2,1-2H3,(H,27,33)(H,28,34). The first kappa shape index (κ1) is 25.1. The lowest BCUT2D eigenvalue weighted by molar-refractivity contribution is -0.124. The van der Waals surface area contributed by atoms with Crippen molar-refractivity contribution in [3.8, 4) is 5.69 Å². The third-order valence-corrected chi connectivity index (χ3v) is 6.79. The number of nitrogens with one attached hydrogen (secondary N) is 3. The Labute approximate surface area is 210 Å². The smallest absolute Gasteiger partial charge is 0.242 e. The van der Waals surface area contributed by atoms with Gasteiger partial charge in [-0.05, 0) is 56.3 Å². The summed E-state index contributed by atoms with van der Waals surface area (Å²) >= 11 is 6.94. The third kappa shape index (κ3) is 5.81. The molecule has 35 heavy (non-hydrogen) atoms. The topological polar surface area (TPSA) is 91.3 Å². The number of carbonyl (C=O) groups is 2. The lowest BCUT2D eigenvalue weighted by Gasteiger charge is -2.34. The van der Waals surface area contributed by atoms with E-state index in [1.807, 2.05) is 6.92 Å². The molecule has 1 aromatic heterocycles. The number of hydrogen-bond donors (Lipinski definition) is 3. The SMILES string of the molecule is Cc1cn(-c2ccccc2F)nc1CNC(=O)C1CC(C(=O)Nc2ccc(F)c(Cl)c2)N(C)SN1. The van der Waals surface area contributed by atoms with E-state index in [2.05, 4.69) is 20.5 Å². The number of hydrogen-bond acceptors (Lipinski definition) is 6. The molecule has 4 rings (SSSR count). The van der Waals surface area contributed by atoms with Gasteiger partial charge in [0.25, 0.3) is 0 Å². The average molecular weight is 521 g/mol. The molecule has 8 nitrogen and oxygen atoms in total. The molecule has 0 saturated carbocycles. The van der Waals surface area contributed by atoms with Gasteiger partial charge in [0.05, 0.1) is 23.3 Å². The molecule has 0 bridgehead atoms. The first-order valence-corrected chi connectivity index (χ1v) is 11.9. The minimum Gasteiger partial charge on any atom is -0.349 e. The molecular formula is C23H23ClF2N6O2S. The zero-order chi connectivity index (χ0) is 25.1. The molecule has 0 radical (unpaired) electrons. The highest BCUT2D eigenvalue weighted by molar-refractivity contribution is 7.95. The van der Waals surface area contributed by atoms with E-state index in [0.717, 1.165) is 17.7 Å². The number of rotatable bonds is 6. The lowest BCUT2D eigenvalue weighted by atomic mass is 10.1. The maximum absolute atomic E-state index is 14.1. The van der Waals surface area contributed by atoms with Crippen LogP contribution < -0.4 is 15.4 Å². The van der Waals surface area contributed by atoms with Crippen LogP contribution >= 0.6 is 23.7 Å². The lowest BCUT2D eigenvalue weighted by Crippen LogP contribution is -2.54. The molecule has 3 N–H and O–H groups in total. The van der Waals surface area contributed by atoms with E-state index in [1.165, 1.54) is 28.9 Å². The van der Waals surface area contributed by atoms with Crippen LogP contribution in [0.5, 0.6) is 0 Å². The van der Waals surface area contributed by atoms with Gasteiger partial charge >= 0.3 is 0 Å². The van der Waals surface area contributed by atoms with Crippen molar-refractivity contribution in [2.24, 2.45) is 0 Å². The number of aromatic nitrogens is 2. The van der Waals surface area contributed by atoms with Crippen molar-refractivity contribution in [2.45, 2.75) is 32.0 Å². The number of aryl methyl sites for hydroxylation is 1. The van der Waals surface area contributed by atoms with E-state index < -0.39 is 23.7 Å². The number of amides is 2. The molecule has 0 aliphatic carbocycles. The van der Waals surface area contributed by atoms with Gasteiger partial charge in [0.2, 0.25) is 11.8 Å². The largest absolute Gasteiger partial charge is 0.349 e. The molecule has 3 aromatic rings. The highest BCUT2D eigenvalue weighted by Gasteiger charge is 2.35. The number of benzene rings is 2. The summed E-state index contributed by atoms with van der Waals surface area (Å²) in [6.07, 6.45) is 1.91. The molecule has 1 fully saturated rings. The maximum Gasteiger partial charge on any atom is 0.242 e. The van der Waals surface area contributed by atoms with Crippen LogP contribution in [0.1, 0.15) is 17.7 Å². The Morgan fingerprint density at radius 1 is 1.20 bits per heavy atom. The van der Waals surface area contributed by atoms with Crippen LogP contribution in [-0.4, -0.2) is 45.0 Å². The number of likely N-dealkylation sites (N-methyl/N-ethyl adjacent to an activating group) is 1. The number of anilines is 1. The number of carbonyl (C=O) groups excluding carboxylic acids is 2. The predicted molar refractivity (Wildman–Crippen MR) is 131 cm³/mol. The van der Waals surface area contributed by atoms with Gasteiger partial charge in [-0.2, -0.15) is 5.10 Å². The Hall–Kier alpha value is -2.99. The van der Waals surface area contributed by atoms with Crippen molar-refractivity contribution in [3.63, 3.8) is 0 Å². The molecule has 184 valence electrons. The predicted octanol–water partition coefficient (Wildman–Crippen LogP) is 3.59. The molecule has 1 aliphatic heterocycles. The third-order valence-electron chi connectivity index (χ3n) is 5.57. The second kappa shape index (κ2) is 10.7. The zero-order valence-electron chi connectivity index (χ0n) is 18.9. The average Bonchev–Trinajstić information content (AvgIpc) is 3.20. The monoisotopic (exact) mass is 520 g/mol. The molecule has 1 saturated heterocycles. The number of halogens is 3. The summed E-state index contributed by atoms with van der Waals surface area (Å²) in [7, 11) is 1.73. The first-order valence-electron chi connectivity index (χ1n) is 10.7. The minimum absolute atomic E-state index is 0.0965. The van der Waals surface area contributed by atoms with Crippen LogP contribution in [0.2, 0.25) is 5.02 Å². The highest BCUT2D eigenvalue weighted by Crippen LogP contribution is 2.24. The quantitative estimate of drug-likeness (QED) is 0.430. The Kier molecular flexibility index (Phi) is 7.70. The van der Waals surface area contributed by atoms with Gasteiger partial charge < -0.3 is 10.6 Å². The fourth-order valence-electron chi connectivity index (χ4n) is 3.59. The van der Waals surface area contributed by atoms with Crippen molar-refractivity contribution >= 4 is 41.2 Å². The molecular weight excluding hydrogens is 498 g/mol. The van der Waals surface area contributed by atoms with Gasteiger partial charge in [-0.1, -0.05) is 23.7 Å². The molecule has 2 atom stereocenters. The van der Waals surface area contributed by atoms with E-state index >= 15 is 0 Å². The fourth-order valence-corrected chi connectivity index (χ4v) is 4.57. The molecule has 1 aliphatic rings. The van der Waals surface area contributed by atoms with Crippen LogP contribution in [0.15, 0.2) is 48.7 Å². The molecule has 0 spiro atoms. The van der Waals surface area contributed by atoms with Gasteiger partial charge in [0, 0.05) is 24.0 Å². The van der Waals surface area contributed by atoms with Crippen LogP contribution in [0.25, 0.3) is 5.69 Å². The second-order valence-electron chi connectivity index (χ2n) is 8.05. The van der Waals surface area contributed by atoms with E-state index in [9.17, 15) is 18.4 Å².